The van der Waals surface area contributed by atoms with Gasteiger partial charge in [0.05, 0.1) is 10.5 Å². The quantitative estimate of drug-likeness (QED) is 0.638. The monoisotopic (exact) mass is 276 g/mol. The number of aryl methyl sites for hydroxylation is 1. The number of rotatable bonds is 3. The fourth-order valence-corrected chi connectivity index (χ4v) is 2.25. The van der Waals surface area contributed by atoms with Gasteiger partial charge >= 0.3 is 0 Å². The Kier molecular flexibility index (Phi) is 4.05. The smallest absolute Gasteiger partial charge is 0.297 e. The highest BCUT2D eigenvalue weighted by Gasteiger charge is 2.12. The Morgan fingerprint density at radius 1 is 1.26 bits per heavy atom. The van der Waals surface area contributed by atoms with E-state index in [1.807, 2.05) is 6.92 Å². The zero-order valence-electron chi connectivity index (χ0n) is 10.3. The van der Waals surface area contributed by atoms with Gasteiger partial charge in [-0.1, -0.05) is 30.0 Å². The average molecular weight is 276 g/mol. The maximum absolute atomic E-state index is 11.7. The van der Waals surface area contributed by atoms with Crippen LogP contribution in [0, 0.1) is 18.8 Å². The Labute approximate surface area is 112 Å². The van der Waals surface area contributed by atoms with Crippen LogP contribution in [-0.2, 0) is 14.3 Å². The summed E-state index contributed by atoms with van der Waals surface area (Å²) in [7, 11) is -3.74. The predicted molar refractivity (Wildman–Crippen MR) is 69.9 cm³/mol. The van der Waals surface area contributed by atoms with Crippen molar-refractivity contribution in [2.75, 3.05) is 6.61 Å². The van der Waals surface area contributed by atoms with E-state index >= 15 is 0 Å². The van der Waals surface area contributed by atoms with Crippen molar-refractivity contribution >= 4 is 10.1 Å². The highest BCUT2D eigenvalue weighted by Crippen LogP contribution is 2.10. The number of furan rings is 1. The van der Waals surface area contributed by atoms with Gasteiger partial charge in [-0.05, 0) is 25.1 Å². The molecule has 4 nitrogen and oxygen atoms in total. The lowest BCUT2D eigenvalue weighted by Crippen LogP contribution is -2.06. The first kappa shape index (κ1) is 13.4. The first-order chi connectivity index (χ1) is 9.08. The second-order valence-electron chi connectivity index (χ2n) is 3.78. The van der Waals surface area contributed by atoms with E-state index in [1.165, 1.54) is 18.4 Å². The van der Waals surface area contributed by atoms with Gasteiger partial charge < -0.3 is 4.42 Å². The summed E-state index contributed by atoms with van der Waals surface area (Å²) in [5.41, 5.74) is 0.693. The minimum Gasteiger partial charge on any atom is -0.468 e. The predicted octanol–water partition coefficient (Wildman–Crippen LogP) is 2.35. The van der Waals surface area contributed by atoms with Gasteiger partial charge in [-0.3, -0.25) is 4.18 Å². The molecule has 0 atom stereocenters. The largest absolute Gasteiger partial charge is 0.468 e. The van der Waals surface area contributed by atoms with E-state index in [4.69, 9.17) is 8.60 Å². The molecule has 0 unspecified atom stereocenters. The summed E-state index contributed by atoms with van der Waals surface area (Å²) >= 11 is 0. The van der Waals surface area contributed by atoms with Crippen LogP contribution in [0.4, 0.5) is 0 Å². The van der Waals surface area contributed by atoms with Crippen LogP contribution in [0.15, 0.2) is 52.0 Å². The average Bonchev–Trinajstić information content (AvgIpc) is 2.82. The van der Waals surface area contributed by atoms with E-state index in [2.05, 4.69) is 11.8 Å². The zero-order valence-corrected chi connectivity index (χ0v) is 11.1. The van der Waals surface area contributed by atoms with E-state index in [1.54, 1.807) is 24.3 Å². The molecule has 2 aromatic rings. The summed E-state index contributed by atoms with van der Waals surface area (Å²) in [4.78, 5) is 0.121. The number of benzene rings is 1. The molecule has 0 saturated carbocycles. The molecule has 98 valence electrons. The van der Waals surface area contributed by atoms with E-state index in [0.29, 0.717) is 5.56 Å². The molecule has 0 amide bonds. The van der Waals surface area contributed by atoms with Gasteiger partial charge in [-0.15, -0.1) is 0 Å². The molecule has 1 heterocycles. The summed E-state index contributed by atoms with van der Waals surface area (Å²) in [6.07, 6.45) is 1.51. The van der Waals surface area contributed by atoms with Crippen molar-refractivity contribution in [3.8, 4) is 11.8 Å². The SMILES string of the molecule is Cc1cc(C#CCOS(=O)(=O)c2ccccc2)co1. The lowest BCUT2D eigenvalue weighted by molar-refractivity contribution is 0.363. The molecule has 0 aliphatic carbocycles. The van der Waals surface area contributed by atoms with Gasteiger partial charge in [-0.25, -0.2) is 0 Å². The van der Waals surface area contributed by atoms with E-state index in [-0.39, 0.29) is 11.5 Å². The lowest BCUT2D eigenvalue weighted by atomic mass is 10.3. The van der Waals surface area contributed by atoms with Gasteiger partial charge in [0, 0.05) is 0 Å². The van der Waals surface area contributed by atoms with Crippen molar-refractivity contribution < 1.29 is 17.0 Å². The molecule has 1 aromatic carbocycles. The van der Waals surface area contributed by atoms with Gasteiger partial charge in [0.15, 0.2) is 0 Å². The van der Waals surface area contributed by atoms with E-state index < -0.39 is 10.1 Å². The molecule has 0 aliphatic heterocycles. The Balaban J connectivity index is 1.98. The summed E-state index contributed by atoms with van der Waals surface area (Å²) in [5, 5.41) is 0. The van der Waals surface area contributed by atoms with Crippen molar-refractivity contribution in [2.45, 2.75) is 11.8 Å². The summed E-state index contributed by atoms with van der Waals surface area (Å²) in [6, 6.07) is 9.72. The van der Waals surface area contributed by atoms with Gasteiger partial charge in [0.2, 0.25) is 0 Å². The third-order valence-corrected chi connectivity index (χ3v) is 3.56. The Bertz CT molecular complexity index is 703. The molecule has 19 heavy (non-hydrogen) atoms. The maximum Gasteiger partial charge on any atom is 0.297 e. The molecular weight excluding hydrogens is 264 g/mol. The molecule has 2 rings (SSSR count). The van der Waals surface area contributed by atoms with Crippen LogP contribution in [0.5, 0.6) is 0 Å². The highest BCUT2D eigenvalue weighted by molar-refractivity contribution is 7.86. The molecule has 0 bridgehead atoms. The van der Waals surface area contributed by atoms with Crippen LogP contribution in [0.2, 0.25) is 0 Å². The van der Waals surface area contributed by atoms with Gasteiger partial charge in [-0.2, -0.15) is 8.42 Å². The topological polar surface area (TPSA) is 56.5 Å². The summed E-state index contributed by atoms with van der Waals surface area (Å²) in [6.45, 7) is 1.61. The van der Waals surface area contributed by atoms with E-state index in [0.717, 1.165) is 5.76 Å². The van der Waals surface area contributed by atoms with E-state index in [9.17, 15) is 8.42 Å². The van der Waals surface area contributed by atoms with Crippen LogP contribution in [0.3, 0.4) is 0 Å². The highest BCUT2D eigenvalue weighted by atomic mass is 32.2. The minimum atomic E-state index is -3.74. The molecule has 0 radical (unpaired) electrons. The molecule has 0 spiro atoms. The van der Waals surface area contributed by atoms with Crippen LogP contribution in [-0.4, -0.2) is 15.0 Å². The third-order valence-electron chi connectivity index (χ3n) is 2.28. The molecule has 0 aliphatic rings. The molecule has 0 fully saturated rings. The molecular formula is C14H12O4S. The number of hydrogen-bond donors (Lipinski definition) is 0. The first-order valence-corrected chi connectivity index (χ1v) is 6.97. The van der Waals surface area contributed by atoms with Crippen molar-refractivity contribution in [3.63, 3.8) is 0 Å². The van der Waals surface area contributed by atoms with Gasteiger partial charge in [0.25, 0.3) is 10.1 Å². The standard InChI is InChI=1S/C14H12O4S/c1-12-10-13(11-17-12)6-5-9-18-19(15,16)14-7-3-2-4-8-14/h2-4,7-8,10-11H,9H2,1H3. The molecule has 0 N–H and O–H groups in total. The van der Waals surface area contributed by atoms with Crippen molar-refractivity contribution in [3.05, 3.63) is 54.0 Å². The summed E-state index contributed by atoms with van der Waals surface area (Å²) in [5.74, 6) is 6.14. The second-order valence-corrected chi connectivity index (χ2v) is 5.39. The fraction of sp³-hybridized carbons (Fsp3) is 0.143. The van der Waals surface area contributed by atoms with Crippen molar-refractivity contribution in [2.24, 2.45) is 0 Å². The molecule has 5 heteroatoms. The molecule has 1 aromatic heterocycles. The minimum absolute atomic E-state index is 0.121. The van der Waals surface area contributed by atoms with Crippen molar-refractivity contribution in [1.29, 1.82) is 0 Å². The zero-order chi connectivity index (χ0) is 13.7. The van der Waals surface area contributed by atoms with Crippen LogP contribution in [0.25, 0.3) is 0 Å². The van der Waals surface area contributed by atoms with Crippen LogP contribution in [0.1, 0.15) is 11.3 Å². The van der Waals surface area contributed by atoms with Crippen LogP contribution < -0.4 is 0 Å². The Morgan fingerprint density at radius 3 is 2.63 bits per heavy atom. The second kappa shape index (κ2) is 5.74. The number of hydrogen-bond acceptors (Lipinski definition) is 4. The van der Waals surface area contributed by atoms with Crippen molar-refractivity contribution in [1.82, 2.24) is 0 Å². The summed E-state index contributed by atoms with van der Waals surface area (Å²) < 4.78 is 33.4. The van der Waals surface area contributed by atoms with Crippen LogP contribution >= 0.6 is 0 Å². The normalized spacial score (nSPS) is 10.8. The fourth-order valence-electron chi connectivity index (χ4n) is 1.41. The van der Waals surface area contributed by atoms with Gasteiger partial charge in [0.1, 0.15) is 18.6 Å². The third kappa shape index (κ3) is 3.71. The first-order valence-electron chi connectivity index (χ1n) is 5.56. The Morgan fingerprint density at radius 2 is 2.00 bits per heavy atom. The maximum atomic E-state index is 11.7. The lowest BCUT2D eigenvalue weighted by Gasteiger charge is -2.01. The Hall–Kier alpha value is -2.03. The molecule has 0 saturated heterocycles.